The second kappa shape index (κ2) is 12.1. The summed E-state index contributed by atoms with van der Waals surface area (Å²) in [5, 5.41) is 5.33. The lowest BCUT2D eigenvalue weighted by Crippen LogP contribution is -2.37. The van der Waals surface area contributed by atoms with Crippen molar-refractivity contribution in [2.45, 2.75) is 31.7 Å². The molecule has 184 valence electrons. The van der Waals surface area contributed by atoms with E-state index in [0.717, 1.165) is 23.4 Å². The third-order valence-electron chi connectivity index (χ3n) is 5.90. The summed E-state index contributed by atoms with van der Waals surface area (Å²) in [6.45, 7) is 3.13. The van der Waals surface area contributed by atoms with Crippen LogP contribution in [0.1, 0.15) is 58.3 Å². The fourth-order valence-electron chi connectivity index (χ4n) is 3.99. The lowest BCUT2D eigenvalue weighted by Gasteiger charge is -2.29. The minimum atomic E-state index is -0.907. The van der Waals surface area contributed by atoms with Gasteiger partial charge >= 0.3 is 5.97 Å². The van der Waals surface area contributed by atoms with Gasteiger partial charge in [-0.25, -0.2) is 9.78 Å². The SMILES string of the molecule is CCOC(=O)C(NC(=O)c1csc(C2CCN(C(=O)C#Cc3ccccc3)CC2)n1)c1ccccc1. The zero-order valence-electron chi connectivity index (χ0n) is 20.0. The molecule has 1 fully saturated rings. The van der Waals surface area contributed by atoms with E-state index in [-0.39, 0.29) is 24.1 Å². The molecule has 0 aliphatic carbocycles. The van der Waals surface area contributed by atoms with E-state index in [9.17, 15) is 14.4 Å². The van der Waals surface area contributed by atoms with Crippen LogP contribution in [0.5, 0.6) is 0 Å². The van der Waals surface area contributed by atoms with Gasteiger partial charge in [0, 0.05) is 35.9 Å². The van der Waals surface area contributed by atoms with Crippen molar-refractivity contribution in [3.05, 3.63) is 87.9 Å². The van der Waals surface area contributed by atoms with E-state index in [1.54, 1.807) is 41.5 Å². The molecule has 1 N–H and O–H groups in total. The van der Waals surface area contributed by atoms with Gasteiger partial charge in [-0.1, -0.05) is 54.5 Å². The Hall–Kier alpha value is -3.96. The van der Waals surface area contributed by atoms with Crippen LogP contribution in [-0.2, 0) is 14.3 Å². The summed E-state index contributed by atoms with van der Waals surface area (Å²) in [6, 6.07) is 17.5. The second-order valence-corrected chi connectivity index (χ2v) is 9.21. The topological polar surface area (TPSA) is 88.6 Å². The van der Waals surface area contributed by atoms with E-state index in [1.807, 2.05) is 36.4 Å². The number of carbonyl (C=O) groups excluding carboxylic acids is 3. The molecule has 1 aromatic heterocycles. The largest absolute Gasteiger partial charge is 0.464 e. The number of aromatic nitrogens is 1. The number of benzene rings is 2. The summed E-state index contributed by atoms with van der Waals surface area (Å²) in [5.41, 5.74) is 1.73. The fourth-order valence-corrected chi connectivity index (χ4v) is 4.96. The van der Waals surface area contributed by atoms with Crippen LogP contribution < -0.4 is 5.32 Å². The van der Waals surface area contributed by atoms with Crippen molar-refractivity contribution in [3.63, 3.8) is 0 Å². The lowest BCUT2D eigenvalue weighted by molar-refractivity contribution is -0.145. The van der Waals surface area contributed by atoms with Crippen molar-refractivity contribution in [2.24, 2.45) is 0 Å². The van der Waals surface area contributed by atoms with Crippen LogP contribution in [0, 0.1) is 11.8 Å². The maximum absolute atomic E-state index is 12.9. The Morgan fingerprint density at radius 2 is 1.75 bits per heavy atom. The number of esters is 1. The van der Waals surface area contributed by atoms with E-state index in [2.05, 4.69) is 22.1 Å². The summed E-state index contributed by atoms with van der Waals surface area (Å²) in [7, 11) is 0. The molecule has 0 saturated carbocycles. The molecular formula is C28H27N3O4S. The first-order chi connectivity index (χ1) is 17.5. The van der Waals surface area contributed by atoms with E-state index >= 15 is 0 Å². The van der Waals surface area contributed by atoms with Crippen LogP contribution in [0.3, 0.4) is 0 Å². The Balaban J connectivity index is 1.35. The van der Waals surface area contributed by atoms with E-state index < -0.39 is 17.9 Å². The molecule has 2 heterocycles. The number of thiazole rings is 1. The summed E-state index contributed by atoms with van der Waals surface area (Å²) >= 11 is 1.42. The highest BCUT2D eigenvalue weighted by atomic mass is 32.1. The number of hydrogen-bond acceptors (Lipinski definition) is 6. The van der Waals surface area contributed by atoms with Gasteiger partial charge in [-0.2, -0.15) is 0 Å². The van der Waals surface area contributed by atoms with Gasteiger partial charge in [0.15, 0.2) is 6.04 Å². The van der Waals surface area contributed by atoms with Crippen molar-refractivity contribution in [3.8, 4) is 11.8 Å². The first-order valence-corrected chi connectivity index (χ1v) is 12.8. The molecule has 1 aliphatic heterocycles. The molecule has 0 bridgehead atoms. The number of hydrogen-bond donors (Lipinski definition) is 1. The van der Waals surface area contributed by atoms with Gasteiger partial charge in [0.2, 0.25) is 0 Å². The number of rotatable bonds is 6. The Kier molecular flexibility index (Phi) is 8.48. The first kappa shape index (κ1) is 25.1. The number of ether oxygens (including phenoxy) is 1. The zero-order chi connectivity index (χ0) is 25.3. The van der Waals surface area contributed by atoms with Crippen LogP contribution in [-0.4, -0.2) is 47.4 Å². The van der Waals surface area contributed by atoms with Crippen LogP contribution in [0.15, 0.2) is 66.0 Å². The molecule has 2 amide bonds. The monoisotopic (exact) mass is 501 g/mol. The highest BCUT2D eigenvalue weighted by molar-refractivity contribution is 7.09. The average molecular weight is 502 g/mol. The molecule has 8 heteroatoms. The van der Waals surface area contributed by atoms with Gasteiger partial charge in [-0.3, -0.25) is 9.59 Å². The van der Waals surface area contributed by atoms with E-state index in [1.165, 1.54) is 11.3 Å². The minimum Gasteiger partial charge on any atom is -0.464 e. The standard InChI is InChI=1S/C28H27N3O4S/c1-2-35-28(34)25(21-11-7-4-8-12-21)30-26(33)23-19-36-27(29-23)22-15-17-31(18-16-22)24(32)14-13-20-9-5-3-6-10-20/h3-12,19,22,25H,2,15-18H2,1H3,(H,30,33). The molecule has 4 rings (SSSR count). The number of nitrogens with zero attached hydrogens (tertiary/aromatic N) is 2. The lowest BCUT2D eigenvalue weighted by atomic mass is 9.97. The number of carbonyl (C=O) groups is 3. The summed E-state index contributed by atoms with van der Waals surface area (Å²) in [5.74, 6) is 4.68. The average Bonchev–Trinajstić information content (AvgIpc) is 3.42. The van der Waals surface area contributed by atoms with Gasteiger partial charge in [-0.15, -0.1) is 11.3 Å². The third-order valence-corrected chi connectivity index (χ3v) is 6.91. The van der Waals surface area contributed by atoms with Crippen LogP contribution in [0.4, 0.5) is 0 Å². The summed E-state index contributed by atoms with van der Waals surface area (Å²) in [4.78, 5) is 44.2. The Labute approximate surface area is 214 Å². The van der Waals surface area contributed by atoms with Crippen molar-refractivity contribution in [2.75, 3.05) is 19.7 Å². The third kappa shape index (κ3) is 6.37. The van der Waals surface area contributed by atoms with Gasteiger partial charge < -0.3 is 15.0 Å². The first-order valence-electron chi connectivity index (χ1n) is 11.9. The smallest absolute Gasteiger partial charge is 0.333 e. The van der Waals surface area contributed by atoms with Crippen LogP contribution in [0.2, 0.25) is 0 Å². The van der Waals surface area contributed by atoms with Crippen LogP contribution in [0.25, 0.3) is 0 Å². The van der Waals surface area contributed by atoms with Gasteiger partial charge in [0.1, 0.15) is 5.69 Å². The highest BCUT2D eigenvalue weighted by Gasteiger charge is 2.28. The van der Waals surface area contributed by atoms with E-state index in [0.29, 0.717) is 18.7 Å². The molecular weight excluding hydrogens is 474 g/mol. The van der Waals surface area contributed by atoms with Crippen molar-refractivity contribution >= 4 is 29.1 Å². The van der Waals surface area contributed by atoms with Crippen molar-refractivity contribution < 1.29 is 19.1 Å². The van der Waals surface area contributed by atoms with Crippen molar-refractivity contribution in [1.82, 2.24) is 15.2 Å². The molecule has 1 aliphatic rings. The minimum absolute atomic E-state index is 0.164. The summed E-state index contributed by atoms with van der Waals surface area (Å²) < 4.78 is 5.15. The number of piperidine rings is 1. The number of likely N-dealkylation sites (tertiary alicyclic amines) is 1. The van der Waals surface area contributed by atoms with Gasteiger partial charge in [0.25, 0.3) is 11.8 Å². The molecule has 3 aromatic rings. The summed E-state index contributed by atoms with van der Waals surface area (Å²) in [6.07, 6.45) is 1.51. The highest BCUT2D eigenvalue weighted by Crippen LogP contribution is 2.30. The predicted octanol–water partition coefficient (Wildman–Crippen LogP) is 3.94. The molecule has 2 aromatic carbocycles. The quantitative estimate of drug-likeness (QED) is 0.408. The predicted molar refractivity (Wildman–Crippen MR) is 137 cm³/mol. The molecule has 1 saturated heterocycles. The Morgan fingerprint density at radius 3 is 2.42 bits per heavy atom. The Bertz CT molecular complexity index is 1260. The van der Waals surface area contributed by atoms with E-state index in [4.69, 9.17) is 4.74 Å². The normalized spacial score (nSPS) is 14.3. The van der Waals surface area contributed by atoms with Crippen molar-refractivity contribution in [1.29, 1.82) is 0 Å². The molecule has 1 unspecified atom stereocenters. The molecule has 0 spiro atoms. The molecule has 0 radical (unpaired) electrons. The maximum atomic E-state index is 12.9. The van der Waals surface area contributed by atoms with Crippen LogP contribution >= 0.6 is 11.3 Å². The number of amides is 2. The molecule has 7 nitrogen and oxygen atoms in total. The molecule has 36 heavy (non-hydrogen) atoms. The zero-order valence-corrected chi connectivity index (χ0v) is 20.8. The molecule has 1 atom stereocenters. The Morgan fingerprint density at radius 1 is 1.08 bits per heavy atom. The van der Waals surface area contributed by atoms with Gasteiger partial charge in [-0.05, 0) is 37.5 Å². The fraction of sp³-hybridized carbons (Fsp3) is 0.286. The second-order valence-electron chi connectivity index (χ2n) is 8.32. The number of nitrogens with one attached hydrogen (secondary N) is 1. The maximum Gasteiger partial charge on any atom is 0.333 e. The van der Waals surface area contributed by atoms with Gasteiger partial charge in [0.05, 0.1) is 11.6 Å².